The maximum Gasteiger partial charge on any atom is 0.321 e. The van der Waals surface area contributed by atoms with Crippen molar-refractivity contribution in [2.24, 2.45) is 5.92 Å². The molecule has 0 aromatic heterocycles. The Morgan fingerprint density at radius 3 is 3.00 bits per heavy atom. The summed E-state index contributed by atoms with van der Waals surface area (Å²) in [5, 5.41) is 7.01. The minimum Gasteiger partial charge on any atom is -0.324 e. The standard InChI is InChI=1S/C16H24ClN3O/c1-12(2)18-10-13-5-4-8-20(11-13)16(21)19-15-7-3-6-14(17)9-15/h3,6-7,9,12-13,18H,4-5,8,10-11H2,1-2H3,(H,19,21). The zero-order valence-corrected chi connectivity index (χ0v) is 13.5. The van der Waals surface area contributed by atoms with E-state index < -0.39 is 0 Å². The molecular formula is C16H24ClN3O. The van der Waals surface area contributed by atoms with E-state index in [1.165, 1.54) is 6.42 Å². The van der Waals surface area contributed by atoms with Crippen LogP contribution in [-0.4, -0.2) is 36.6 Å². The Kier molecular flexibility index (Phi) is 5.88. The second-order valence-corrected chi connectivity index (χ2v) is 6.39. The Hall–Kier alpha value is -1.26. The van der Waals surface area contributed by atoms with Crippen molar-refractivity contribution in [2.45, 2.75) is 32.7 Å². The fourth-order valence-electron chi connectivity index (χ4n) is 2.59. The van der Waals surface area contributed by atoms with Crippen molar-refractivity contribution in [1.82, 2.24) is 10.2 Å². The van der Waals surface area contributed by atoms with Crippen molar-refractivity contribution in [3.8, 4) is 0 Å². The van der Waals surface area contributed by atoms with E-state index in [0.29, 0.717) is 17.0 Å². The number of halogens is 1. The summed E-state index contributed by atoms with van der Waals surface area (Å²) >= 11 is 5.93. The molecule has 4 nitrogen and oxygen atoms in total. The monoisotopic (exact) mass is 309 g/mol. The van der Waals surface area contributed by atoms with Crippen LogP contribution in [0, 0.1) is 5.92 Å². The van der Waals surface area contributed by atoms with Gasteiger partial charge in [-0.3, -0.25) is 0 Å². The van der Waals surface area contributed by atoms with Crippen molar-refractivity contribution >= 4 is 23.3 Å². The van der Waals surface area contributed by atoms with Crippen LogP contribution in [-0.2, 0) is 0 Å². The van der Waals surface area contributed by atoms with Crippen molar-refractivity contribution < 1.29 is 4.79 Å². The third kappa shape index (κ3) is 5.21. The smallest absolute Gasteiger partial charge is 0.321 e. The molecule has 1 heterocycles. The van der Waals surface area contributed by atoms with Gasteiger partial charge in [-0.15, -0.1) is 0 Å². The topological polar surface area (TPSA) is 44.4 Å². The van der Waals surface area contributed by atoms with Crippen molar-refractivity contribution in [3.05, 3.63) is 29.3 Å². The van der Waals surface area contributed by atoms with Crippen LogP contribution < -0.4 is 10.6 Å². The number of hydrogen-bond acceptors (Lipinski definition) is 2. The van der Waals surface area contributed by atoms with Crippen molar-refractivity contribution in [2.75, 3.05) is 25.0 Å². The summed E-state index contributed by atoms with van der Waals surface area (Å²) in [6.07, 6.45) is 2.24. The number of nitrogens with zero attached hydrogens (tertiary/aromatic N) is 1. The van der Waals surface area contributed by atoms with Gasteiger partial charge in [0.05, 0.1) is 0 Å². The van der Waals surface area contributed by atoms with Crippen LogP contribution in [0.15, 0.2) is 24.3 Å². The molecule has 1 atom stereocenters. The fraction of sp³-hybridized carbons (Fsp3) is 0.562. The van der Waals surface area contributed by atoms with Gasteiger partial charge in [-0.1, -0.05) is 31.5 Å². The number of carbonyl (C=O) groups is 1. The Bertz CT molecular complexity index is 478. The molecule has 1 fully saturated rings. The molecule has 5 heteroatoms. The number of benzene rings is 1. The summed E-state index contributed by atoms with van der Waals surface area (Å²) in [5.41, 5.74) is 0.745. The summed E-state index contributed by atoms with van der Waals surface area (Å²) in [7, 11) is 0. The Balaban J connectivity index is 1.87. The van der Waals surface area contributed by atoms with Crippen LogP contribution in [0.1, 0.15) is 26.7 Å². The van der Waals surface area contributed by atoms with E-state index in [1.807, 2.05) is 17.0 Å². The third-order valence-electron chi connectivity index (χ3n) is 3.70. The van der Waals surface area contributed by atoms with Gasteiger partial charge < -0.3 is 15.5 Å². The molecule has 1 aliphatic heterocycles. The molecule has 0 spiro atoms. The van der Waals surface area contributed by atoms with Crippen LogP contribution in [0.3, 0.4) is 0 Å². The van der Waals surface area contributed by atoms with Gasteiger partial charge in [0.25, 0.3) is 0 Å². The summed E-state index contributed by atoms with van der Waals surface area (Å²) in [6, 6.07) is 7.70. The van der Waals surface area contributed by atoms with Crippen LogP contribution in [0.4, 0.5) is 10.5 Å². The molecular weight excluding hydrogens is 286 g/mol. The average molecular weight is 310 g/mol. The highest BCUT2D eigenvalue weighted by Gasteiger charge is 2.23. The number of urea groups is 1. The molecule has 1 aliphatic rings. The van der Waals surface area contributed by atoms with Gasteiger partial charge in [0.1, 0.15) is 0 Å². The van der Waals surface area contributed by atoms with E-state index in [0.717, 1.165) is 31.7 Å². The first-order chi connectivity index (χ1) is 10.0. The lowest BCUT2D eigenvalue weighted by Gasteiger charge is -2.33. The van der Waals surface area contributed by atoms with Gasteiger partial charge in [-0.2, -0.15) is 0 Å². The lowest BCUT2D eigenvalue weighted by atomic mass is 9.98. The predicted molar refractivity (Wildman–Crippen MR) is 87.9 cm³/mol. The predicted octanol–water partition coefficient (Wildman–Crippen LogP) is 3.58. The minimum absolute atomic E-state index is 0.0356. The highest BCUT2D eigenvalue weighted by molar-refractivity contribution is 6.30. The Morgan fingerprint density at radius 1 is 1.48 bits per heavy atom. The molecule has 2 amide bonds. The molecule has 0 saturated carbocycles. The van der Waals surface area contributed by atoms with Crippen molar-refractivity contribution in [3.63, 3.8) is 0 Å². The number of nitrogens with one attached hydrogen (secondary N) is 2. The Labute approximate surface area is 131 Å². The molecule has 1 aromatic rings. The number of likely N-dealkylation sites (tertiary alicyclic amines) is 1. The number of hydrogen-bond donors (Lipinski definition) is 2. The molecule has 0 radical (unpaired) electrons. The van der Waals surface area contributed by atoms with E-state index >= 15 is 0 Å². The zero-order valence-electron chi connectivity index (χ0n) is 12.7. The molecule has 0 aliphatic carbocycles. The van der Waals surface area contributed by atoms with Gasteiger partial charge in [0.15, 0.2) is 0 Å². The number of rotatable bonds is 4. The lowest BCUT2D eigenvalue weighted by Crippen LogP contribution is -2.45. The molecule has 1 aromatic carbocycles. The number of carbonyl (C=O) groups excluding carboxylic acids is 1. The van der Waals surface area contributed by atoms with Gasteiger partial charge in [0.2, 0.25) is 0 Å². The molecule has 1 unspecified atom stereocenters. The van der Waals surface area contributed by atoms with Gasteiger partial charge in [0, 0.05) is 29.8 Å². The molecule has 2 rings (SSSR count). The SMILES string of the molecule is CC(C)NCC1CCCN(C(=O)Nc2cccc(Cl)c2)C1. The Morgan fingerprint density at radius 2 is 2.29 bits per heavy atom. The normalized spacial score (nSPS) is 18.9. The maximum atomic E-state index is 12.3. The first kappa shape index (κ1) is 16.1. The van der Waals surface area contributed by atoms with E-state index in [-0.39, 0.29) is 6.03 Å². The second kappa shape index (κ2) is 7.66. The highest BCUT2D eigenvalue weighted by Crippen LogP contribution is 2.19. The molecule has 116 valence electrons. The summed E-state index contributed by atoms with van der Waals surface area (Å²) in [4.78, 5) is 14.2. The second-order valence-electron chi connectivity index (χ2n) is 5.96. The minimum atomic E-state index is -0.0356. The van der Waals surface area contributed by atoms with Crippen LogP contribution in [0.5, 0.6) is 0 Å². The van der Waals surface area contributed by atoms with Crippen LogP contribution >= 0.6 is 11.6 Å². The van der Waals surface area contributed by atoms with Crippen LogP contribution in [0.2, 0.25) is 5.02 Å². The zero-order chi connectivity index (χ0) is 15.2. The first-order valence-electron chi connectivity index (χ1n) is 7.59. The molecule has 21 heavy (non-hydrogen) atoms. The first-order valence-corrected chi connectivity index (χ1v) is 7.97. The number of piperidine rings is 1. The third-order valence-corrected chi connectivity index (χ3v) is 3.93. The van der Waals surface area contributed by atoms with Gasteiger partial charge >= 0.3 is 6.03 Å². The molecule has 0 bridgehead atoms. The van der Waals surface area contributed by atoms with Gasteiger partial charge in [-0.05, 0) is 43.5 Å². The summed E-state index contributed by atoms with van der Waals surface area (Å²) < 4.78 is 0. The molecule has 1 saturated heterocycles. The summed E-state index contributed by atoms with van der Waals surface area (Å²) in [5.74, 6) is 0.534. The van der Waals surface area contributed by atoms with E-state index in [9.17, 15) is 4.79 Å². The average Bonchev–Trinajstić information content (AvgIpc) is 2.45. The van der Waals surface area contributed by atoms with E-state index in [4.69, 9.17) is 11.6 Å². The quantitative estimate of drug-likeness (QED) is 0.893. The summed E-state index contributed by atoms with van der Waals surface area (Å²) in [6.45, 7) is 6.90. The van der Waals surface area contributed by atoms with Gasteiger partial charge in [-0.25, -0.2) is 4.79 Å². The van der Waals surface area contributed by atoms with Crippen LogP contribution in [0.25, 0.3) is 0 Å². The molecule has 2 N–H and O–H groups in total. The van der Waals surface area contributed by atoms with Crippen molar-refractivity contribution in [1.29, 1.82) is 0 Å². The lowest BCUT2D eigenvalue weighted by molar-refractivity contribution is 0.175. The fourth-order valence-corrected chi connectivity index (χ4v) is 2.78. The van der Waals surface area contributed by atoms with E-state index in [2.05, 4.69) is 24.5 Å². The number of anilines is 1. The largest absolute Gasteiger partial charge is 0.324 e. The number of amides is 2. The highest BCUT2D eigenvalue weighted by atomic mass is 35.5. The van der Waals surface area contributed by atoms with E-state index in [1.54, 1.807) is 12.1 Å². The maximum absolute atomic E-state index is 12.3.